The van der Waals surface area contributed by atoms with E-state index in [2.05, 4.69) is 45.7 Å². The molecule has 0 amide bonds. The first kappa shape index (κ1) is 19.6. The fourth-order valence-electron chi connectivity index (χ4n) is 0.992. The van der Waals surface area contributed by atoms with Crippen LogP contribution in [0.1, 0.15) is 20.3 Å². The topological polar surface area (TPSA) is 80.9 Å². The second kappa shape index (κ2) is 10.3. The van der Waals surface area contributed by atoms with Crippen molar-refractivity contribution in [1.82, 2.24) is 0 Å². The van der Waals surface area contributed by atoms with Crippen LogP contribution in [0, 0.1) is 0 Å². The van der Waals surface area contributed by atoms with Crippen LogP contribution in [0.4, 0.5) is 0 Å². The highest BCUT2D eigenvalue weighted by Crippen LogP contribution is 2.27. The fourth-order valence-corrected chi connectivity index (χ4v) is 1.73. The third kappa shape index (κ3) is 8.47. The van der Waals surface area contributed by atoms with E-state index in [1.54, 1.807) is 0 Å². The molecule has 6 heteroatoms. The molecule has 0 saturated heterocycles. The van der Waals surface area contributed by atoms with Crippen LogP contribution in [-0.2, 0) is 0 Å². The zero-order valence-electron chi connectivity index (χ0n) is 11.7. The van der Waals surface area contributed by atoms with E-state index in [0.717, 1.165) is 0 Å². The van der Waals surface area contributed by atoms with E-state index in [-0.39, 0.29) is 23.0 Å². The molecule has 2 aromatic carbocycles. The van der Waals surface area contributed by atoms with Gasteiger partial charge in [0.15, 0.2) is 0 Å². The van der Waals surface area contributed by atoms with Crippen molar-refractivity contribution in [3.05, 3.63) is 45.3 Å². The lowest BCUT2D eigenvalue weighted by Gasteiger charge is -1.94. The van der Waals surface area contributed by atoms with E-state index in [4.69, 9.17) is 20.4 Å². The summed E-state index contributed by atoms with van der Waals surface area (Å²) in [7, 11) is 0. The number of phenols is 4. The number of aromatic hydroxyl groups is 4. The third-order valence-electron chi connectivity index (χ3n) is 1.86. The van der Waals surface area contributed by atoms with E-state index in [1.165, 1.54) is 42.8 Å². The molecule has 0 aliphatic carbocycles. The lowest BCUT2D eigenvalue weighted by atomic mass is 10.3. The summed E-state index contributed by atoms with van der Waals surface area (Å²) in [6, 6.07) is 8.52. The van der Waals surface area contributed by atoms with Crippen LogP contribution in [0.5, 0.6) is 23.0 Å². The van der Waals surface area contributed by atoms with Crippen LogP contribution in [0.25, 0.3) is 0 Å². The molecule has 4 nitrogen and oxygen atoms in total. The molecule has 0 aliphatic rings. The van der Waals surface area contributed by atoms with E-state index >= 15 is 0 Å². The molecule has 0 atom stereocenters. The summed E-state index contributed by atoms with van der Waals surface area (Å²) in [5.41, 5.74) is 0. The minimum Gasteiger partial charge on any atom is -0.508 e. The largest absolute Gasteiger partial charge is 0.508 e. The smallest absolute Gasteiger partial charge is 0.130 e. The number of rotatable bonds is 0. The quantitative estimate of drug-likeness (QED) is 0.444. The van der Waals surface area contributed by atoms with E-state index in [0.29, 0.717) is 8.95 Å². The lowest BCUT2D eigenvalue weighted by molar-refractivity contribution is 0.457. The van der Waals surface area contributed by atoms with Crippen molar-refractivity contribution in [1.29, 1.82) is 0 Å². The molecule has 0 aromatic heterocycles. The van der Waals surface area contributed by atoms with Crippen molar-refractivity contribution in [2.24, 2.45) is 0 Å². The molecule has 0 saturated carbocycles. The maximum atomic E-state index is 8.89. The molecule has 116 valence electrons. The zero-order valence-corrected chi connectivity index (χ0v) is 14.9. The highest BCUT2D eigenvalue weighted by Gasteiger charge is 1.96. The van der Waals surface area contributed by atoms with Crippen molar-refractivity contribution in [3.63, 3.8) is 0 Å². The van der Waals surface area contributed by atoms with Gasteiger partial charge in [-0.15, -0.1) is 0 Å². The van der Waals surface area contributed by atoms with Gasteiger partial charge >= 0.3 is 0 Å². The lowest BCUT2D eigenvalue weighted by Crippen LogP contribution is -1.66. The maximum Gasteiger partial charge on any atom is 0.130 e. The summed E-state index contributed by atoms with van der Waals surface area (Å²) in [5.74, 6) is 0.542. The zero-order chi connectivity index (χ0) is 16.4. The van der Waals surface area contributed by atoms with Crippen LogP contribution >= 0.6 is 31.9 Å². The fraction of sp³-hybridized carbons (Fsp3) is 0.200. The van der Waals surface area contributed by atoms with Gasteiger partial charge in [0, 0.05) is 0 Å². The highest BCUT2D eigenvalue weighted by atomic mass is 79.9. The first-order valence-electron chi connectivity index (χ1n) is 6.16. The Balaban J connectivity index is 0.000000322. The predicted octanol–water partition coefficient (Wildman–Crippen LogP) is 5.14. The van der Waals surface area contributed by atoms with Crippen molar-refractivity contribution in [2.75, 3.05) is 0 Å². The molecule has 21 heavy (non-hydrogen) atoms. The normalized spacial score (nSPS) is 8.95. The van der Waals surface area contributed by atoms with Gasteiger partial charge in [-0.2, -0.15) is 0 Å². The Labute approximate surface area is 141 Å². The average Bonchev–Trinajstić information content (AvgIpc) is 2.41. The van der Waals surface area contributed by atoms with Gasteiger partial charge in [-0.25, -0.2) is 0 Å². The number of hydrogen-bond acceptors (Lipinski definition) is 4. The summed E-state index contributed by atoms with van der Waals surface area (Å²) < 4.78 is 1.00. The maximum absolute atomic E-state index is 8.89. The molecule has 4 N–H and O–H groups in total. The van der Waals surface area contributed by atoms with E-state index in [1.807, 2.05) is 0 Å². The van der Waals surface area contributed by atoms with Gasteiger partial charge in [0.1, 0.15) is 23.0 Å². The molecule has 0 heterocycles. The summed E-state index contributed by atoms with van der Waals surface area (Å²) in [4.78, 5) is 0. The van der Waals surface area contributed by atoms with Crippen molar-refractivity contribution in [2.45, 2.75) is 20.3 Å². The Bertz CT molecular complexity index is 510. The van der Waals surface area contributed by atoms with Gasteiger partial charge in [-0.05, 0) is 68.3 Å². The molecule has 2 aromatic rings. The van der Waals surface area contributed by atoms with Crippen molar-refractivity contribution < 1.29 is 20.4 Å². The van der Waals surface area contributed by atoms with Gasteiger partial charge in [0.25, 0.3) is 0 Å². The second-order valence-electron chi connectivity index (χ2n) is 3.98. The minimum atomic E-state index is 0.132. The minimum absolute atomic E-state index is 0.132. The number of phenolic OH excluding ortho intramolecular Hbond substituents is 4. The van der Waals surface area contributed by atoms with Crippen LogP contribution in [-0.4, -0.2) is 20.4 Å². The molecular formula is C15H18Br2O4. The molecule has 0 unspecified atom stereocenters. The Morgan fingerprint density at radius 2 is 1.00 bits per heavy atom. The molecule has 0 bridgehead atoms. The van der Waals surface area contributed by atoms with Crippen LogP contribution in [0.2, 0.25) is 0 Å². The first-order valence-corrected chi connectivity index (χ1v) is 7.75. The monoisotopic (exact) mass is 420 g/mol. The Hall–Kier alpha value is -1.40. The average molecular weight is 422 g/mol. The molecule has 0 radical (unpaired) electrons. The van der Waals surface area contributed by atoms with E-state index in [9.17, 15) is 0 Å². The predicted molar refractivity (Wildman–Crippen MR) is 90.9 cm³/mol. The molecule has 2 rings (SSSR count). The summed E-state index contributed by atoms with van der Waals surface area (Å²) in [5, 5.41) is 35.4. The van der Waals surface area contributed by atoms with Crippen LogP contribution in [0.3, 0.4) is 0 Å². The van der Waals surface area contributed by atoms with Crippen LogP contribution in [0.15, 0.2) is 45.3 Å². The van der Waals surface area contributed by atoms with Gasteiger partial charge in [-0.3, -0.25) is 0 Å². The summed E-state index contributed by atoms with van der Waals surface area (Å²) in [6.07, 6.45) is 1.25. The van der Waals surface area contributed by atoms with Gasteiger partial charge in [0.2, 0.25) is 0 Å². The van der Waals surface area contributed by atoms with Crippen molar-refractivity contribution in [3.8, 4) is 23.0 Å². The van der Waals surface area contributed by atoms with Gasteiger partial charge < -0.3 is 20.4 Å². The summed E-state index contributed by atoms with van der Waals surface area (Å²) >= 11 is 6.07. The standard InChI is InChI=1S/2C6H5BrO2.C3H8/c2*7-5-3-4(8)1-2-6(5)9;1-3-2/h2*1-3,8-9H;3H2,1-2H3. The number of benzene rings is 2. The Morgan fingerprint density at radius 3 is 1.19 bits per heavy atom. The van der Waals surface area contributed by atoms with Crippen molar-refractivity contribution >= 4 is 31.9 Å². The first-order chi connectivity index (χ1) is 9.81. The Morgan fingerprint density at radius 1 is 0.714 bits per heavy atom. The summed E-state index contributed by atoms with van der Waals surface area (Å²) in [6.45, 7) is 4.25. The highest BCUT2D eigenvalue weighted by molar-refractivity contribution is 9.10. The number of hydrogen-bond donors (Lipinski definition) is 4. The van der Waals surface area contributed by atoms with Gasteiger partial charge in [0.05, 0.1) is 8.95 Å². The van der Waals surface area contributed by atoms with Crippen LogP contribution < -0.4 is 0 Å². The number of halogens is 2. The molecular weight excluding hydrogens is 404 g/mol. The SMILES string of the molecule is CCC.Oc1ccc(O)c(Br)c1.Oc1ccc(O)c(Br)c1. The molecule has 0 aliphatic heterocycles. The van der Waals surface area contributed by atoms with E-state index < -0.39 is 0 Å². The molecule has 0 fully saturated rings. The molecule has 0 spiro atoms. The Kier molecular flexibility index (Phi) is 9.65. The second-order valence-corrected chi connectivity index (χ2v) is 5.69. The van der Waals surface area contributed by atoms with Gasteiger partial charge in [-0.1, -0.05) is 20.3 Å². The third-order valence-corrected chi connectivity index (χ3v) is 3.13.